The first kappa shape index (κ1) is 19.7. The molecule has 3 rings (SSSR count). The molecule has 0 saturated carbocycles. The quantitative estimate of drug-likeness (QED) is 0.719. The van der Waals surface area contributed by atoms with E-state index < -0.39 is 5.54 Å². The fourth-order valence-corrected chi connectivity index (χ4v) is 4.39. The minimum absolute atomic E-state index is 0.0408. The zero-order chi connectivity index (χ0) is 19.6. The number of amides is 3. The molecule has 2 aliphatic rings. The van der Waals surface area contributed by atoms with Crippen LogP contribution in [-0.4, -0.2) is 65.0 Å². The van der Waals surface area contributed by atoms with E-state index in [1.165, 1.54) is 4.90 Å². The summed E-state index contributed by atoms with van der Waals surface area (Å²) in [6.07, 6.45) is 2.52. The molecule has 0 unspecified atom stereocenters. The third kappa shape index (κ3) is 3.43. The number of piperidine rings is 1. The van der Waals surface area contributed by atoms with E-state index in [2.05, 4.69) is 18.7 Å². The molecule has 0 N–H and O–H groups in total. The minimum Gasteiger partial charge on any atom is -0.497 e. The Morgan fingerprint density at radius 3 is 2.48 bits per heavy atom. The number of carbonyl (C=O) groups excluding carboxylic acids is 2. The molecule has 3 amide bonds. The molecule has 2 heterocycles. The van der Waals surface area contributed by atoms with Crippen molar-refractivity contribution in [2.75, 3.05) is 26.7 Å². The first-order valence-electron chi connectivity index (χ1n) is 9.97. The molecule has 0 radical (unpaired) electrons. The highest BCUT2D eigenvalue weighted by atomic mass is 16.5. The third-order valence-electron chi connectivity index (χ3n) is 6.25. The summed E-state index contributed by atoms with van der Waals surface area (Å²) in [6.45, 7) is 8.95. The molecule has 2 saturated heterocycles. The van der Waals surface area contributed by atoms with E-state index in [1.807, 2.05) is 31.2 Å². The first-order valence-corrected chi connectivity index (χ1v) is 9.97. The van der Waals surface area contributed by atoms with Gasteiger partial charge in [-0.15, -0.1) is 0 Å². The van der Waals surface area contributed by atoms with Gasteiger partial charge in [0, 0.05) is 25.7 Å². The zero-order valence-corrected chi connectivity index (χ0v) is 16.9. The molecule has 27 heavy (non-hydrogen) atoms. The van der Waals surface area contributed by atoms with Gasteiger partial charge in [0.25, 0.3) is 5.91 Å². The number of hydrogen-bond acceptors (Lipinski definition) is 4. The Balaban J connectivity index is 1.81. The van der Waals surface area contributed by atoms with Crippen LogP contribution in [-0.2, 0) is 11.3 Å². The molecule has 0 aliphatic carbocycles. The Morgan fingerprint density at radius 1 is 1.19 bits per heavy atom. The van der Waals surface area contributed by atoms with Gasteiger partial charge in [-0.1, -0.05) is 19.1 Å². The van der Waals surface area contributed by atoms with Gasteiger partial charge in [0.2, 0.25) is 0 Å². The molecule has 1 aromatic carbocycles. The van der Waals surface area contributed by atoms with Crippen molar-refractivity contribution < 1.29 is 14.3 Å². The second kappa shape index (κ2) is 7.89. The summed E-state index contributed by atoms with van der Waals surface area (Å²) in [6, 6.07) is 7.90. The van der Waals surface area contributed by atoms with Gasteiger partial charge in [-0.25, -0.2) is 4.79 Å². The molecule has 6 nitrogen and oxygen atoms in total. The monoisotopic (exact) mass is 373 g/mol. The van der Waals surface area contributed by atoms with Gasteiger partial charge in [-0.3, -0.25) is 9.69 Å². The summed E-state index contributed by atoms with van der Waals surface area (Å²) in [5, 5.41) is 0. The van der Waals surface area contributed by atoms with Crippen LogP contribution < -0.4 is 4.74 Å². The summed E-state index contributed by atoms with van der Waals surface area (Å²) >= 11 is 0. The smallest absolute Gasteiger partial charge is 0.327 e. The second-order valence-electron chi connectivity index (χ2n) is 7.59. The highest BCUT2D eigenvalue weighted by Gasteiger charge is 2.57. The van der Waals surface area contributed by atoms with E-state index in [0.717, 1.165) is 30.8 Å². The Labute approximate surface area is 162 Å². The SMILES string of the molecule is CC[C@@H](C)N1CCC2(CC1)C(=O)N(Cc1cccc(OC)c1)C(=O)N2CC. The summed E-state index contributed by atoms with van der Waals surface area (Å²) < 4.78 is 5.27. The molecule has 2 fully saturated rings. The molecule has 0 aromatic heterocycles. The van der Waals surface area contributed by atoms with E-state index in [0.29, 0.717) is 32.0 Å². The van der Waals surface area contributed by atoms with Gasteiger partial charge in [-0.2, -0.15) is 0 Å². The summed E-state index contributed by atoms with van der Waals surface area (Å²) in [5.41, 5.74) is 0.232. The van der Waals surface area contributed by atoms with Crippen LogP contribution in [0.25, 0.3) is 0 Å². The highest BCUT2D eigenvalue weighted by molar-refractivity contribution is 6.07. The number of carbonyl (C=O) groups is 2. The number of nitrogens with zero attached hydrogens (tertiary/aromatic N) is 3. The fraction of sp³-hybridized carbons (Fsp3) is 0.619. The molecule has 1 atom stereocenters. The summed E-state index contributed by atoms with van der Waals surface area (Å²) in [7, 11) is 1.62. The molecule has 148 valence electrons. The van der Waals surface area contributed by atoms with E-state index in [1.54, 1.807) is 12.0 Å². The number of methoxy groups -OCH3 is 1. The Bertz CT molecular complexity index is 698. The maximum Gasteiger partial charge on any atom is 0.327 e. The van der Waals surface area contributed by atoms with Crippen LogP contribution in [0.3, 0.4) is 0 Å². The Morgan fingerprint density at radius 2 is 1.89 bits per heavy atom. The van der Waals surface area contributed by atoms with Crippen LogP contribution in [0.2, 0.25) is 0 Å². The summed E-state index contributed by atoms with van der Waals surface area (Å²) in [5.74, 6) is 0.691. The molecule has 1 spiro atoms. The number of hydrogen-bond donors (Lipinski definition) is 0. The lowest BCUT2D eigenvalue weighted by molar-refractivity contribution is -0.136. The largest absolute Gasteiger partial charge is 0.497 e. The van der Waals surface area contributed by atoms with Crippen molar-refractivity contribution >= 4 is 11.9 Å². The molecular formula is C21H31N3O3. The van der Waals surface area contributed by atoms with Crippen molar-refractivity contribution in [3.05, 3.63) is 29.8 Å². The zero-order valence-electron chi connectivity index (χ0n) is 16.9. The number of imide groups is 1. The summed E-state index contributed by atoms with van der Waals surface area (Å²) in [4.78, 5) is 32.1. The van der Waals surface area contributed by atoms with E-state index in [-0.39, 0.29) is 11.9 Å². The third-order valence-corrected chi connectivity index (χ3v) is 6.25. The highest BCUT2D eigenvalue weighted by Crippen LogP contribution is 2.38. The average molecular weight is 373 g/mol. The Hall–Kier alpha value is -2.08. The van der Waals surface area contributed by atoms with E-state index in [4.69, 9.17) is 4.74 Å². The first-order chi connectivity index (χ1) is 13.0. The number of likely N-dealkylation sites (tertiary alicyclic amines) is 1. The fourth-order valence-electron chi connectivity index (χ4n) is 4.39. The maximum absolute atomic E-state index is 13.4. The average Bonchev–Trinajstić information content (AvgIpc) is 2.89. The van der Waals surface area contributed by atoms with E-state index in [9.17, 15) is 9.59 Å². The van der Waals surface area contributed by atoms with Crippen LogP contribution in [0.1, 0.15) is 45.6 Å². The standard InChI is InChI=1S/C21H31N3O3/c1-5-16(3)22-12-10-21(11-13-22)19(25)23(20(26)24(21)6-2)15-17-8-7-9-18(14-17)27-4/h7-9,14,16H,5-6,10-13,15H2,1-4H3/t16-/m1/s1. The van der Waals surface area contributed by atoms with Gasteiger partial charge < -0.3 is 14.5 Å². The van der Waals surface area contributed by atoms with Crippen molar-refractivity contribution in [3.8, 4) is 5.75 Å². The Kier molecular flexibility index (Phi) is 5.75. The van der Waals surface area contributed by atoms with Crippen LogP contribution in [0.15, 0.2) is 24.3 Å². The number of urea groups is 1. The topological polar surface area (TPSA) is 53.1 Å². The van der Waals surface area contributed by atoms with Crippen LogP contribution in [0, 0.1) is 0 Å². The van der Waals surface area contributed by atoms with Crippen LogP contribution >= 0.6 is 0 Å². The number of ether oxygens (including phenoxy) is 1. The molecule has 2 aliphatic heterocycles. The molecule has 6 heteroatoms. The molecule has 1 aromatic rings. The second-order valence-corrected chi connectivity index (χ2v) is 7.59. The van der Waals surface area contributed by atoms with Crippen molar-refractivity contribution in [1.29, 1.82) is 0 Å². The van der Waals surface area contributed by atoms with Crippen molar-refractivity contribution in [3.63, 3.8) is 0 Å². The molecular weight excluding hydrogens is 342 g/mol. The van der Waals surface area contributed by atoms with Gasteiger partial charge >= 0.3 is 6.03 Å². The number of rotatable bonds is 6. The lowest BCUT2D eigenvalue weighted by Crippen LogP contribution is -2.57. The number of benzene rings is 1. The van der Waals surface area contributed by atoms with Crippen molar-refractivity contribution in [2.24, 2.45) is 0 Å². The van der Waals surface area contributed by atoms with Gasteiger partial charge in [0.05, 0.1) is 13.7 Å². The number of likely N-dealkylation sites (N-methyl/N-ethyl adjacent to an activating group) is 1. The van der Waals surface area contributed by atoms with Gasteiger partial charge in [0.15, 0.2) is 0 Å². The van der Waals surface area contributed by atoms with Crippen LogP contribution in [0.5, 0.6) is 5.75 Å². The molecule has 0 bridgehead atoms. The lowest BCUT2D eigenvalue weighted by atomic mass is 9.85. The predicted octanol–water partition coefficient (Wildman–Crippen LogP) is 3.11. The maximum atomic E-state index is 13.4. The van der Waals surface area contributed by atoms with Crippen molar-refractivity contribution in [2.45, 2.75) is 58.2 Å². The van der Waals surface area contributed by atoms with Gasteiger partial charge in [-0.05, 0) is 50.8 Å². The van der Waals surface area contributed by atoms with Gasteiger partial charge in [0.1, 0.15) is 11.3 Å². The predicted molar refractivity (Wildman–Crippen MR) is 105 cm³/mol. The minimum atomic E-state index is -0.672. The normalized spacial score (nSPS) is 21.2. The van der Waals surface area contributed by atoms with Crippen LogP contribution in [0.4, 0.5) is 4.79 Å². The van der Waals surface area contributed by atoms with E-state index >= 15 is 0 Å². The van der Waals surface area contributed by atoms with Crippen molar-refractivity contribution in [1.82, 2.24) is 14.7 Å². The lowest BCUT2D eigenvalue weighted by Gasteiger charge is -2.43.